The van der Waals surface area contributed by atoms with Crippen LogP contribution in [0.2, 0.25) is 0 Å². The van der Waals surface area contributed by atoms with Crippen LogP contribution in [0.3, 0.4) is 0 Å². The lowest BCUT2D eigenvalue weighted by atomic mass is 10.1. The van der Waals surface area contributed by atoms with Gasteiger partial charge in [0, 0.05) is 12.6 Å². The van der Waals surface area contributed by atoms with Crippen LogP contribution in [0.5, 0.6) is 0 Å². The molecule has 0 spiro atoms. The van der Waals surface area contributed by atoms with E-state index in [9.17, 15) is 4.79 Å². The molecule has 1 saturated heterocycles. The molecule has 1 fully saturated rings. The van der Waals surface area contributed by atoms with Crippen LogP contribution in [-0.2, 0) is 9.53 Å². The van der Waals surface area contributed by atoms with Gasteiger partial charge >= 0.3 is 5.97 Å². The van der Waals surface area contributed by atoms with Crippen LogP contribution in [-0.4, -0.2) is 36.4 Å². The van der Waals surface area contributed by atoms with E-state index in [2.05, 4.69) is 12.2 Å². The summed E-state index contributed by atoms with van der Waals surface area (Å²) in [5.74, 6) is -0.135. The standard InChI is InChI=1S/C11H21NO3/c1-2-3-8-15-11(14)10-5-4-9(12-10)6-7-13/h9-10,12-13H,2-8H2,1H3/t9-,10+/m1/s1. The molecular formula is C11H21NO3. The van der Waals surface area contributed by atoms with E-state index in [0.717, 1.165) is 32.1 Å². The van der Waals surface area contributed by atoms with Crippen molar-refractivity contribution in [2.24, 2.45) is 0 Å². The number of carbonyl (C=O) groups is 1. The first-order chi connectivity index (χ1) is 7.27. The van der Waals surface area contributed by atoms with Gasteiger partial charge in [0.25, 0.3) is 0 Å². The highest BCUT2D eigenvalue weighted by molar-refractivity contribution is 5.76. The molecule has 2 atom stereocenters. The van der Waals surface area contributed by atoms with Gasteiger partial charge in [-0.25, -0.2) is 0 Å². The zero-order valence-electron chi connectivity index (χ0n) is 9.37. The quantitative estimate of drug-likeness (QED) is 0.509. The number of carbonyl (C=O) groups excluding carboxylic acids is 1. The van der Waals surface area contributed by atoms with Crippen molar-refractivity contribution in [2.45, 2.75) is 51.1 Å². The summed E-state index contributed by atoms with van der Waals surface area (Å²) in [6.45, 7) is 2.77. The number of hydrogen-bond donors (Lipinski definition) is 2. The van der Waals surface area contributed by atoms with Gasteiger partial charge in [-0.2, -0.15) is 0 Å². The number of rotatable bonds is 6. The lowest BCUT2D eigenvalue weighted by Gasteiger charge is -2.12. The first kappa shape index (κ1) is 12.5. The number of nitrogens with one attached hydrogen (secondary N) is 1. The average molecular weight is 215 g/mol. The van der Waals surface area contributed by atoms with Crippen molar-refractivity contribution in [3.05, 3.63) is 0 Å². The predicted molar refractivity (Wildman–Crippen MR) is 57.5 cm³/mol. The second-order valence-corrected chi connectivity index (χ2v) is 4.03. The SMILES string of the molecule is CCCCOC(=O)[C@@H]1CC[C@H](CCO)N1. The monoisotopic (exact) mass is 215 g/mol. The van der Waals surface area contributed by atoms with E-state index in [1.54, 1.807) is 0 Å². The van der Waals surface area contributed by atoms with E-state index in [-0.39, 0.29) is 24.7 Å². The first-order valence-electron chi connectivity index (χ1n) is 5.81. The van der Waals surface area contributed by atoms with Crippen molar-refractivity contribution in [1.29, 1.82) is 0 Å². The Hall–Kier alpha value is -0.610. The highest BCUT2D eigenvalue weighted by Gasteiger charge is 2.29. The molecule has 1 aliphatic rings. The molecule has 0 aromatic rings. The highest BCUT2D eigenvalue weighted by atomic mass is 16.5. The van der Waals surface area contributed by atoms with Crippen LogP contribution in [0.4, 0.5) is 0 Å². The van der Waals surface area contributed by atoms with E-state index in [1.165, 1.54) is 0 Å². The second kappa shape index (κ2) is 6.80. The van der Waals surface area contributed by atoms with E-state index in [0.29, 0.717) is 6.61 Å². The Morgan fingerprint density at radius 1 is 1.53 bits per heavy atom. The molecule has 1 aliphatic heterocycles. The maximum Gasteiger partial charge on any atom is 0.323 e. The summed E-state index contributed by atoms with van der Waals surface area (Å²) in [7, 11) is 0. The van der Waals surface area contributed by atoms with Crippen molar-refractivity contribution >= 4 is 5.97 Å². The number of esters is 1. The summed E-state index contributed by atoms with van der Waals surface area (Å²) in [4.78, 5) is 11.5. The summed E-state index contributed by atoms with van der Waals surface area (Å²) in [5.41, 5.74) is 0. The molecule has 0 aromatic carbocycles. The van der Waals surface area contributed by atoms with Crippen molar-refractivity contribution in [2.75, 3.05) is 13.2 Å². The minimum absolute atomic E-state index is 0.135. The molecule has 0 saturated carbocycles. The Bertz CT molecular complexity index is 196. The molecule has 88 valence electrons. The Balaban J connectivity index is 2.18. The molecule has 4 heteroatoms. The zero-order chi connectivity index (χ0) is 11.1. The minimum atomic E-state index is -0.154. The molecule has 0 amide bonds. The minimum Gasteiger partial charge on any atom is -0.465 e. The van der Waals surface area contributed by atoms with E-state index < -0.39 is 0 Å². The number of hydrogen-bond acceptors (Lipinski definition) is 4. The Labute approximate surface area is 91.0 Å². The largest absolute Gasteiger partial charge is 0.465 e. The molecule has 15 heavy (non-hydrogen) atoms. The van der Waals surface area contributed by atoms with Gasteiger partial charge in [0.2, 0.25) is 0 Å². The third kappa shape index (κ3) is 4.18. The molecule has 1 heterocycles. The van der Waals surface area contributed by atoms with Crippen LogP contribution in [0.1, 0.15) is 39.0 Å². The van der Waals surface area contributed by atoms with Crippen LogP contribution >= 0.6 is 0 Å². The summed E-state index contributed by atoms with van der Waals surface area (Å²) in [6.07, 6.45) is 4.47. The van der Waals surface area contributed by atoms with Crippen molar-refractivity contribution in [3.63, 3.8) is 0 Å². The van der Waals surface area contributed by atoms with Gasteiger partial charge < -0.3 is 15.2 Å². The molecule has 0 unspecified atom stereocenters. The number of unbranched alkanes of at least 4 members (excludes halogenated alkanes) is 1. The molecule has 0 aliphatic carbocycles. The molecule has 0 aromatic heterocycles. The normalized spacial score (nSPS) is 25.5. The van der Waals surface area contributed by atoms with Gasteiger partial charge in [-0.1, -0.05) is 13.3 Å². The first-order valence-corrected chi connectivity index (χ1v) is 5.81. The Morgan fingerprint density at radius 2 is 2.33 bits per heavy atom. The number of aliphatic hydroxyl groups is 1. The molecule has 0 bridgehead atoms. The molecule has 0 radical (unpaired) electrons. The fourth-order valence-electron chi connectivity index (χ4n) is 1.81. The molecule has 4 nitrogen and oxygen atoms in total. The second-order valence-electron chi connectivity index (χ2n) is 4.03. The lowest BCUT2D eigenvalue weighted by molar-refractivity contribution is -0.145. The van der Waals surface area contributed by atoms with Crippen LogP contribution in [0, 0.1) is 0 Å². The van der Waals surface area contributed by atoms with Crippen molar-refractivity contribution in [3.8, 4) is 0 Å². The molecule has 1 rings (SSSR count). The zero-order valence-corrected chi connectivity index (χ0v) is 9.37. The van der Waals surface area contributed by atoms with E-state index in [1.807, 2.05) is 0 Å². The summed E-state index contributed by atoms with van der Waals surface area (Å²) < 4.78 is 5.13. The van der Waals surface area contributed by atoms with Crippen LogP contribution in [0.25, 0.3) is 0 Å². The Morgan fingerprint density at radius 3 is 3.00 bits per heavy atom. The molecular weight excluding hydrogens is 194 g/mol. The molecule has 2 N–H and O–H groups in total. The smallest absolute Gasteiger partial charge is 0.323 e. The van der Waals surface area contributed by atoms with Gasteiger partial charge in [0.1, 0.15) is 6.04 Å². The van der Waals surface area contributed by atoms with E-state index in [4.69, 9.17) is 9.84 Å². The number of aliphatic hydroxyl groups excluding tert-OH is 1. The van der Waals surface area contributed by atoms with Gasteiger partial charge in [0.15, 0.2) is 0 Å². The van der Waals surface area contributed by atoms with Crippen LogP contribution in [0.15, 0.2) is 0 Å². The summed E-state index contributed by atoms with van der Waals surface area (Å²) >= 11 is 0. The van der Waals surface area contributed by atoms with Crippen LogP contribution < -0.4 is 5.32 Å². The van der Waals surface area contributed by atoms with Gasteiger partial charge in [-0.15, -0.1) is 0 Å². The third-order valence-electron chi connectivity index (χ3n) is 2.74. The maximum atomic E-state index is 11.5. The van der Waals surface area contributed by atoms with Gasteiger partial charge in [-0.3, -0.25) is 4.79 Å². The Kier molecular flexibility index (Phi) is 5.65. The fraction of sp³-hybridized carbons (Fsp3) is 0.909. The third-order valence-corrected chi connectivity index (χ3v) is 2.74. The average Bonchev–Trinajstić information content (AvgIpc) is 2.67. The summed E-state index contributed by atoms with van der Waals surface area (Å²) in [6, 6.07) is 0.122. The van der Waals surface area contributed by atoms with Crippen molar-refractivity contribution < 1.29 is 14.6 Å². The van der Waals surface area contributed by atoms with Gasteiger partial charge in [-0.05, 0) is 25.7 Å². The summed E-state index contributed by atoms with van der Waals surface area (Å²) in [5, 5.41) is 12.0. The fourth-order valence-corrected chi connectivity index (χ4v) is 1.81. The maximum absolute atomic E-state index is 11.5. The van der Waals surface area contributed by atoms with E-state index >= 15 is 0 Å². The van der Waals surface area contributed by atoms with Gasteiger partial charge in [0.05, 0.1) is 6.61 Å². The topological polar surface area (TPSA) is 58.6 Å². The van der Waals surface area contributed by atoms with Crippen molar-refractivity contribution in [1.82, 2.24) is 5.32 Å². The lowest BCUT2D eigenvalue weighted by Crippen LogP contribution is -2.37. The highest BCUT2D eigenvalue weighted by Crippen LogP contribution is 2.15. The predicted octanol–water partition coefficient (Wildman–Crippen LogP) is 0.833. The number of ether oxygens (including phenoxy) is 1.